The maximum Gasteiger partial charge on any atom is 0.0886 e. The van der Waals surface area contributed by atoms with Crippen LogP contribution in [-0.4, -0.2) is 43.5 Å². The van der Waals surface area contributed by atoms with Gasteiger partial charge in [-0.1, -0.05) is 28.1 Å². The van der Waals surface area contributed by atoms with Crippen LogP contribution in [0.3, 0.4) is 0 Å². The first-order valence-electron chi connectivity index (χ1n) is 7.44. The summed E-state index contributed by atoms with van der Waals surface area (Å²) in [5.74, 6) is 0. The Bertz CT molecular complexity index is 561. The van der Waals surface area contributed by atoms with Crippen LogP contribution in [0.2, 0.25) is 0 Å². The van der Waals surface area contributed by atoms with Crippen LogP contribution in [0.1, 0.15) is 11.1 Å². The van der Waals surface area contributed by atoms with Gasteiger partial charge in [0, 0.05) is 24.8 Å². The maximum absolute atomic E-state index is 5.55. The number of hydrogen-bond acceptors (Lipinski definition) is 5. The molecule has 0 spiro atoms. The van der Waals surface area contributed by atoms with E-state index in [1.807, 2.05) is 36.7 Å². The minimum Gasteiger partial charge on any atom is -0.382 e. The molecule has 0 amide bonds. The molecular formula is C17H21BrN2O3. The van der Waals surface area contributed by atoms with Crippen LogP contribution < -0.4 is 0 Å². The van der Waals surface area contributed by atoms with Gasteiger partial charge in [0.2, 0.25) is 0 Å². The van der Waals surface area contributed by atoms with Crippen LogP contribution in [0.15, 0.2) is 36.7 Å². The molecule has 5 nitrogen and oxygen atoms in total. The van der Waals surface area contributed by atoms with Crippen LogP contribution >= 0.6 is 15.9 Å². The lowest BCUT2D eigenvalue weighted by Gasteiger charge is -2.06. The minimum atomic E-state index is 0.525. The van der Waals surface area contributed by atoms with Gasteiger partial charge < -0.3 is 14.2 Å². The fraction of sp³-hybridized carbons (Fsp3) is 0.412. The van der Waals surface area contributed by atoms with Crippen molar-refractivity contribution in [2.75, 3.05) is 33.5 Å². The molecule has 2 aromatic rings. The molecule has 0 fully saturated rings. The molecule has 0 saturated carbocycles. The molecule has 6 heteroatoms. The van der Waals surface area contributed by atoms with Crippen LogP contribution in [0.4, 0.5) is 0 Å². The topological polar surface area (TPSA) is 53.5 Å². The molecule has 0 saturated heterocycles. The lowest BCUT2D eigenvalue weighted by molar-refractivity contribution is 0.0199. The molecule has 0 N–H and O–H groups in total. The second-order valence-corrected chi connectivity index (χ2v) is 5.46. The molecule has 0 aliphatic carbocycles. The zero-order chi connectivity index (χ0) is 16.3. The summed E-state index contributed by atoms with van der Waals surface area (Å²) >= 11 is 3.41. The number of ether oxygens (including phenoxy) is 3. The van der Waals surface area contributed by atoms with Gasteiger partial charge in [-0.25, -0.2) is 0 Å². The monoisotopic (exact) mass is 380 g/mol. The quantitative estimate of drug-likeness (QED) is 0.467. The molecule has 0 aliphatic rings. The molecule has 23 heavy (non-hydrogen) atoms. The van der Waals surface area contributed by atoms with Crippen molar-refractivity contribution in [2.45, 2.75) is 11.9 Å². The zero-order valence-corrected chi connectivity index (χ0v) is 14.8. The molecule has 0 unspecified atom stereocenters. The number of methoxy groups -OCH3 is 1. The normalized spacial score (nSPS) is 10.9. The average Bonchev–Trinajstić information content (AvgIpc) is 2.61. The highest BCUT2D eigenvalue weighted by Gasteiger charge is 2.02. The van der Waals surface area contributed by atoms with Crippen molar-refractivity contribution in [1.82, 2.24) is 9.97 Å². The fourth-order valence-electron chi connectivity index (χ4n) is 1.87. The predicted octanol–water partition coefficient (Wildman–Crippen LogP) is 3.22. The third-order valence-electron chi connectivity index (χ3n) is 3.14. The largest absolute Gasteiger partial charge is 0.382 e. The van der Waals surface area contributed by atoms with Gasteiger partial charge in [0.25, 0.3) is 0 Å². The third kappa shape index (κ3) is 6.35. The number of rotatable bonds is 10. The highest BCUT2D eigenvalue weighted by atomic mass is 79.9. The van der Waals surface area contributed by atoms with E-state index in [9.17, 15) is 0 Å². The van der Waals surface area contributed by atoms with Crippen molar-refractivity contribution in [2.24, 2.45) is 0 Å². The third-order valence-corrected chi connectivity index (χ3v) is 3.79. The molecular weight excluding hydrogens is 360 g/mol. The van der Waals surface area contributed by atoms with E-state index in [0.717, 1.165) is 27.8 Å². The van der Waals surface area contributed by atoms with Gasteiger partial charge in [0.1, 0.15) is 0 Å². The molecule has 0 bridgehead atoms. The van der Waals surface area contributed by atoms with Gasteiger partial charge in [0.05, 0.1) is 44.4 Å². The number of hydrogen-bond donors (Lipinski definition) is 0. The molecule has 2 rings (SSSR count). The first-order valence-corrected chi connectivity index (χ1v) is 8.56. The van der Waals surface area contributed by atoms with E-state index < -0.39 is 0 Å². The Morgan fingerprint density at radius 1 is 0.826 bits per heavy atom. The van der Waals surface area contributed by atoms with E-state index in [0.29, 0.717) is 33.0 Å². The van der Waals surface area contributed by atoms with E-state index >= 15 is 0 Å². The minimum absolute atomic E-state index is 0.525. The molecule has 0 radical (unpaired) electrons. The van der Waals surface area contributed by atoms with Crippen molar-refractivity contribution in [3.63, 3.8) is 0 Å². The van der Waals surface area contributed by atoms with Crippen molar-refractivity contribution in [3.05, 3.63) is 47.8 Å². The highest BCUT2D eigenvalue weighted by Crippen LogP contribution is 2.16. The molecule has 2 heterocycles. The predicted molar refractivity (Wildman–Crippen MR) is 92.5 cm³/mol. The van der Waals surface area contributed by atoms with Gasteiger partial charge in [0.15, 0.2) is 0 Å². The van der Waals surface area contributed by atoms with Gasteiger partial charge >= 0.3 is 0 Å². The fourth-order valence-corrected chi connectivity index (χ4v) is 2.20. The summed E-state index contributed by atoms with van der Waals surface area (Å²) in [5, 5.41) is 0.805. The van der Waals surface area contributed by atoms with E-state index in [1.54, 1.807) is 7.11 Å². The SMILES string of the molecule is COCCOCCOCc1ccc(-c2ccc(CBr)cn2)nc1. The summed E-state index contributed by atoms with van der Waals surface area (Å²) < 4.78 is 15.8. The first kappa shape index (κ1) is 18.0. The highest BCUT2D eigenvalue weighted by molar-refractivity contribution is 9.08. The van der Waals surface area contributed by atoms with Crippen molar-refractivity contribution in [1.29, 1.82) is 0 Å². The number of pyridine rings is 2. The number of halogens is 1. The maximum atomic E-state index is 5.55. The van der Waals surface area contributed by atoms with Gasteiger partial charge in [-0.15, -0.1) is 0 Å². The Kier molecular flexibility index (Phi) is 8.17. The van der Waals surface area contributed by atoms with E-state index in [1.165, 1.54) is 0 Å². The molecule has 0 atom stereocenters. The number of nitrogens with zero attached hydrogens (tertiary/aromatic N) is 2. The Balaban J connectivity index is 1.75. The van der Waals surface area contributed by atoms with Crippen LogP contribution in [0.5, 0.6) is 0 Å². The average molecular weight is 381 g/mol. The first-order chi connectivity index (χ1) is 11.3. The van der Waals surface area contributed by atoms with Gasteiger partial charge in [-0.05, 0) is 23.3 Å². The lowest BCUT2D eigenvalue weighted by Crippen LogP contribution is -2.08. The summed E-state index contributed by atoms with van der Waals surface area (Å²) in [7, 11) is 1.65. The van der Waals surface area contributed by atoms with Crippen molar-refractivity contribution < 1.29 is 14.2 Å². The van der Waals surface area contributed by atoms with E-state index in [-0.39, 0.29) is 0 Å². The molecule has 2 aromatic heterocycles. The number of alkyl halides is 1. The van der Waals surface area contributed by atoms with Crippen molar-refractivity contribution >= 4 is 15.9 Å². The Morgan fingerprint density at radius 2 is 1.43 bits per heavy atom. The van der Waals surface area contributed by atoms with E-state index in [4.69, 9.17) is 14.2 Å². The summed E-state index contributed by atoms with van der Waals surface area (Å²) in [4.78, 5) is 8.85. The van der Waals surface area contributed by atoms with Crippen LogP contribution in [0.25, 0.3) is 11.4 Å². The molecule has 0 aliphatic heterocycles. The van der Waals surface area contributed by atoms with Crippen LogP contribution in [-0.2, 0) is 26.1 Å². The second-order valence-electron chi connectivity index (χ2n) is 4.89. The summed E-state index contributed by atoms with van der Waals surface area (Å²) in [6.45, 7) is 2.85. The Labute approximate surface area is 145 Å². The Morgan fingerprint density at radius 3 is 2.00 bits per heavy atom. The number of aromatic nitrogens is 2. The van der Waals surface area contributed by atoms with E-state index in [2.05, 4.69) is 25.9 Å². The standard InChI is InChI=1S/C17H21BrN2O3/c1-21-6-7-22-8-9-23-13-15-3-5-17(20-12-15)16-4-2-14(10-18)11-19-16/h2-5,11-12H,6-10,13H2,1H3. The summed E-state index contributed by atoms with van der Waals surface area (Å²) in [6.07, 6.45) is 3.67. The van der Waals surface area contributed by atoms with Crippen LogP contribution in [0, 0.1) is 0 Å². The zero-order valence-electron chi connectivity index (χ0n) is 13.2. The molecule has 0 aromatic carbocycles. The smallest absolute Gasteiger partial charge is 0.0886 e. The Hall–Kier alpha value is -1.34. The molecule has 124 valence electrons. The summed E-state index contributed by atoms with van der Waals surface area (Å²) in [6, 6.07) is 7.99. The second kappa shape index (κ2) is 10.4. The van der Waals surface area contributed by atoms with Crippen molar-refractivity contribution in [3.8, 4) is 11.4 Å². The summed E-state index contributed by atoms with van der Waals surface area (Å²) in [5.41, 5.74) is 3.90. The van der Waals surface area contributed by atoms with Gasteiger partial charge in [-0.3, -0.25) is 9.97 Å². The lowest BCUT2D eigenvalue weighted by atomic mass is 10.2. The van der Waals surface area contributed by atoms with Gasteiger partial charge in [-0.2, -0.15) is 0 Å².